The van der Waals surface area contributed by atoms with E-state index in [2.05, 4.69) is 10.4 Å². The van der Waals surface area contributed by atoms with Gasteiger partial charge in [0.05, 0.1) is 24.9 Å². The Balaban J connectivity index is 2.55. The number of nitrogens with zero attached hydrogens (tertiary/aromatic N) is 2. The van der Waals surface area contributed by atoms with Crippen LogP contribution in [0, 0.1) is 0 Å². The summed E-state index contributed by atoms with van der Waals surface area (Å²) in [6.45, 7) is 8.74. The first-order valence-electron chi connectivity index (χ1n) is 5.86. The third kappa shape index (κ3) is 3.80. The number of hydrogen-bond donors (Lipinski definition) is 3. The molecule has 0 unspecified atom stereocenters. The molecule has 0 aliphatic carbocycles. The van der Waals surface area contributed by atoms with Crippen molar-refractivity contribution in [2.75, 3.05) is 6.61 Å². The topological polar surface area (TPSA) is 70.3 Å². The molecule has 0 spiro atoms. The predicted molar refractivity (Wildman–Crippen MR) is 66.5 cm³/mol. The van der Waals surface area contributed by atoms with Crippen molar-refractivity contribution in [2.24, 2.45) is 0 Å². The van der Waals surface area contributed by atoms with Gasteiger partial charge in [-0.25, -0.2) is 0 Å². The number of hydrogen-bond acceptors (Lipinski definition) is 4. The Kier molecular flexibility index (Phi) is 4.30. The van der Waals surface area contributed by atoms with Crippen LogP contribution in [0.4, 0.5) is 0 Å². The van der Waals surface area contributed by atoms with Gasteiger partial charge in [-0.3, -0.25) is 4.68 Å². The summed E-state index contributed by atoms with van der Waals surface area (Å²) in [5.41, 5.74) is -0.143. The van der Waals surface area contributed by atoms with Gasteiger partial charge in [0.2, 0.25) is 0 Å². The predicted octanol–water partition coefficient (Wildman–Crippen LogP) is 0.514. The quantitative estimate of drug-likeness (QED) is 0.679. The van der Waals surface area contributed by atoms with Gasteiger partial charge in [-0.15, -0.1) is 0 Å². The summed E-state index contributed by atoms with van der Waals surface area (Å²) in [6.07, 6.45) is 3.66. The second kappa shape index (κ2) is 5.16. The van der Waals surface area contributed by atoms with E-state index in [9.17, 15) is 5.11 Å². The van der Waals surface area contributed by atoms with Gasteiger partial charge >= 0.3 is 0 Å². The molecule has 5 nitrogen and oxygen atoms in total. The summed E-state index contributed by atoms with van der Waals surface area (Å²) in [4.78, 5) is 0. The molecular formula is C12H23N3O2. The molecule has 0 radical (unpaired) electrons. The zero-order valence-electron chi connectivity index (χ0n) is 11.1. The van der Waals surface area contributed by atoms with Crippen molar-refractivity contribution >= 4 is 0 Å². The highest BCUT2D eigenvalue weighted by Crippen LogP contribution is 2.20. The van der Waals surface area contributed by atoms with Gasteiger partial charge in [0, 0.05) is 23.8 Å². The second-order valence-corrected chi connectivity index (χ2v) is 5.37. The smallest absolute Gasteiger partial charge is 0.0767 e. The van der Waals surface area contributed by atoms with Gasteiger partial charge in [0.1, 0.15) is 0 Å². The van der Waals surface area contributed by atoms with E-state index < -0.39 is 5.60 Å². The average Bonchev–Trinajstić information content (AvgIpc) is 2.62. The highest BCUT2D eigenvalue weighted by atomic mass is 16.3. The van der Waals surface area contributed by atoms with E-state index in [0.717, 1.165) is 5.56 Å². The fourth-order valence-electron chi connectivity index (χ4n) is 1.26. The van der Waals surface area contributed by atoms with E-state index in [1.165, 1.54) is 0 Å². The van der Waals surface area contributed by atoms with Crippen molar-refractivity contribution < 1.29 is 10.2 Å². The fourth-order valence-corrected chi connectivity index (χ4v) is 1.26. The highest BCUT2D eigenvalue weighted by molar-refractivity contribution is 5.05. The normalized spacial score (nSPS) is 13.1. The molecule has 17 heavy (non-hydrogen) atoms. The summed E-state index contributed by atoms with van der Waals surface area (Å²) in [5.74, 6) is 0. The second-order valence-electron chi connectivity index (χ2n) is 5.37. The lowest BCUT2D eigenvalue weighted by atomic mass is 9.86. The van der Waals surface area contributed by atoms with Crippen molar-refractivity contribution in [1.29, 1.82) is 0 Å². The summed E-state index contributed by atoms with van der Waals surface area (Å²) in [7, 11) is 0. The first-order chi connectivity index (χ1) is 7.76. The molecule has 3 N–H and O–H groups in total. The van der Waals surface area contributed by atoms with Crippen LogP contribution in [0.25, 0.3) is 0 Å². The monoisotopic (exact) mass is 241 g/mol. The molecule has 0 aliphatic rings. The maximum absolute atomic E-state index is 10.00. The molecule has 1 aromatic heterocycles. The summed E-state index contributed by atoms with van der Waals surface area (Å²) < 4.78 is 1.70. The lowest BCUT2D eigenvalue weighted by molar-refractivity contribution is -0.00532. The third-order valence-corrected chi connectivity index (χ3v) is 3.28. The summed E-state index contributed by atoms with van der Waals surface area (Å²) in [5, 5.41) is 26.2. The molecule has 5 heteroatoms. The van der Waals surface area contributed by atoms with Gasteiger partial charge in [0.25, 0.3) is 0 Å². The van der Waals surface area contributed by atoms with Gasteiger partial charge in [0.15, 0.2) is 0 Å². The number of aliphatic hydroxyl groups is 2. The van der Waals surface area contributed by atoms with Crippen molar-refractivity contribution in [3.05, 3.63) is 18.0 Å². The van der Waals surface area contributed by atoms with E-state index in [4.69, 9.17) is 5.11 Å². The summed E-state index contributed by atoms with van der Waals surface area (Å²) in [6, 6.07) is 0. The minimum Gasteiger partial charge on any atom is -0.394 e. The Morgan fingerprint density at radius 3 is 2.53 bits per heavy atom. The van der Waals surface area contributed by atoms with Crippen LogP contribution in [-0.4, -0.2) is 37.7 Å². The van der Waals surface area contributed by atoms with E-state index in [0.29, 0.717) is 13.1 Å². The van der Waals surface area contributed by atoms with E-state index in [1.54, 1.807) is 24.7 Å². The number of rotatable bonds is 6. The van der Waals surface area contributed by atoms with Crippen LogP contribution >= 0.6 is 0 Å². The van der Waals surface area contributed by atoms with Crippen molar-refractivity contribution in [3.63, 3.8) is 0 Å². The van der Waals surface area contributed by atoms with Crippen LogP contribution in [0.15, 0.2) is 12.4 Å². The molecule has 0 aliphatic heterocycles. The van der Waals surface area contributed by atoms with Crippen LogP contribution in [0.1, 0.15) is 33.3 Å². The van der Waals surface area contributed by atoms with Gasteiger partial charge in [-0.05, 0) is 27.7 Å². The minimum absolute atomic E-state index is 0.0870. The molecule has 0 saturated heterocycles. The Labute approximate surface area is 102 Å². The largest absolute Gasteiger partial charge is 0.394 e. The Morgan fingerprint density at radius 1 is 1.35 bits per heavy atom. The number of aliphatic hydroxyl groups excluding tert-OH is 1. The van der Waals surface area contributed by atoms with Crippen molar-refractivity contribution in [2.45, 2.75) is 51.9 Å². The molecule has 98 valence electrons. The molecule has 0 atom stereocenters. The Bertz CT molecular complexity index is 353. The molecule has 0 bridgehead atoms. The molecular weight excluding hydrogens is 218 g/mol. The first-order valence-corrected chi connectivity index (χ1v) is 5.86. The standard InChI is InChI=1S/C12H23N3O2/c1-11(2,12(3,4)17)13-7-10-8-14-15(9-10)5-6-16/h8-9,13,16-17H,5-7H2,1-4H3. The van der Waals surface area contributed by atoms with Crippen LogP contribution in [0.5, 0.6) is 0 Å². The molecule has 0 fully saturated rings. The molecule has 0 aromatic carbocycles. The molecule has 1 rings (SSSR count). The van der Waals surface area contributed by atoms with E-state index >= 15 is 0 Å². The van der Waals surface area contributed by atoms with Crippen LogP contribution in [0.3, 0.4) is 0 Å². The SMILES string of the molecule is CC(C)(O)C(C)(C)NCc1cnn(CCO)c1. The van der Waals surface area contributed by atoms with E-state index in [1.807, 2.05) is 20.0 Å². The Morgan fingerprint density at radius 2 is 2.00 bits per heavy atom. The minimum atomic E-state index is -0.798. The summed E-state index contributed by atoms with van der Waals surface area (Å²) >= 11 is 0. The third-order valence-electron chi connectivity index (χ3n) is 3.28. The number of nitrogens with one attached hydrogen (secondary N) is 1. The average molecular weight is 241 g/mol. The van der Waals surface area contributed by atoms with Gasteiger partial charge in [-0.2, -0.15) is 5.10 Å². The molecule has 1 aromatic rings. The maximum atomic E-state index is 10.00. The van der Waals surface area contributed by atoms with Gasteiger partial charge in [-0.1, -0.05) is 0 Å². The van der Waals surface area contributed by atoms with Crippen LogP contribution in [0.2, 0.25) is 0 Å². The van der Waals surface area contributed by atoms with Crippen LogP contribution < -0.4 is 5.32 Å². The number of aromatic nitrogens is 2. The zero-order valence-corrected chi connectivity index (χ0v) is 11.1. The van der Waals surface area contributed by atoms with Crippen LogP contribution in [-0.2, 0) is 13.1 Å². The molecule has 0 amide bonds. The molecule has 1 heterocycles. The zero-order chi connectivity index (χ0) is 13.1. The molecule has 0 saturated carbocycles. The van der Waals surface area contributed by atoms with Gasteiger partial charge < -0.3 is 15.5 Å². The highest BCUT2D eigenvalue weighted by Gasteiger charge is 2.34. The van der Waals surface area contributed by atoms with Crippen molar-refractivity contribution in [1.82, 2.24) is 15.1 Å². The lowest BCUT2D eigenvalue weighted by Gasteiger charge is -2.38. The maximum Gasteiger partial charge on any atom is 0.0767 e. The Hall–Kier alpha value is -0.910. The lowest BCUT2D eigenvalue weighted by Crippen LogP contribution is -2.55. The van der Waals surface area contributed by atoms with E-state index in [-0.39, 0.29) is 12.1 Å². The van der Waals surface area contributed by atoms with Crippen molar-refractivity contribution in [3.8, 4) is 0 Å². The first kappa shape index (κ1) is 14.2. The fraction of sp³-hybridized carbons (Fsp3) is 0.750.